The number of rotatable bonds is 6. The molecule has 1 fully saturated rings. The Labute approximate surface area is 166 Å². The molecule has 2 aromatic carbocycles. The van der Waals surface area contributed by atoms with Crippen molar-refractivity contribution < 1.29 is 14.3 Å². The lowest BCUT2D eigenvalue weighted by Crippen LogP contribution is -2.43. The molecule has 5 nitrogen and oxygen atoms in total. The van der Waals surface area contributed by atoms with E-state index >= 15 is 0 Å². The van der Waals surface area contributed by atoms with Crippen LogP contribution in [0.5, 0.6) is 5.75 Å². The zero-order valence-electron chi connectivity index (χ0n) is 16.6. The number of carbonyl (C=O) groups is 2. The number of anilines is 1. The monoisotopic (exact) mass is 380 g/mol. The Bertz CT molecular complexity index is 779. The first-order chi connectivity index (χ1) is 13.5. The smallest absolute Gasteiger partial charge is 0.227 e. The molecule has 1 N–H and O–H groups in total. The van der Waals surface area contributed by atoms with Crippen LogP contribution >= 0.6 is 0 Å². The first kappa shape index (κ1) is 19.9. The van der Waals surface area contributed by atoms with Crippen LogP contribution in [0.2, 0.25) is 0 Å². The van der Waals surface area contributed by atoms with Crippen LogP contribution in [0.25, 0.3) is 0 Å². The highest BCUT2D eigenvalue weighted by Gasteiger charge is 2.28. The summed E-state index contributed by atoms with van der Waals surface area (Å²) in [5, 5.41) is 2.98. The van der Waals surface area contributed by atoms with Crippen LogP contribution in [0.4, 0.5) is 5.69 Å². The topological polar surface area (TPSA) is 58.6 Å². The molecule has 0 aliphatic carbocycles. The van der Waals surface area contributed by atoms with Crippen LogP contribution < -0.4 is 10.1 Å². The molecule has 0 spiro atoms. The molecular formula is C23H28N2O3. The summed E-state index contributed by atoms with van der Waals surface area (Å²) in [5.41, 5.74) is 1.87. The Kier molecular flexibility index (Phi) is 6.69. The van der Waals surface area contributed by atoms with Crippen LogP contribution in [0, 0.1) is 11.8 Å². The third-order valence-electron chi connectivity index (χ3n) is 5.04. The molecule has 2 aromatic rings. The van der Waals surface area contributed by atoms with Crippen molar-refractivity contribution in [3.8, 4) is 5.75 Å². The minimum Gasteiger partial charge on any atom is -0.489 e. The van der Waals surface area contributed by atoms with Crippen molar-refractivity contribution in [2.75, 3.05) is 18.4 Å². The van der Waals surface area contributed by atoms with Crippen molar-refractivity contribution in [1.29, 1.82) is 0 Å². The van der Waals surface area contributed by atoms with E-state index in [9.17, 15) is 9.59 Å². The van der Waals surface area contributed by atoms with Crippen LogP contribution in [0.15, 0.2) is 54.6 Å². The fourth-order valence-corrected chi connectivity index (χ4v) is 3.35. The predicted molar refractivity (Wildman–Crippen MR) is 110 cm³/mol. The molecule has 1 saturated heterocycles. The molecule has 1 heterocycles. The quantitative estimate of drug-likeness (QED) is 0.821. The number of piperidine rings is 1. The second-order valence-electron chi connectivity index (χ2n) is 7.54. The lowest BCUT2D eigenvalue weighted by molar-refractivity contribution is -0.137. The predicted octanol–water partition coefficient (Wildman–Crippen LogP) is 4.10. The lowest BCUT2D eigenvalue weighted by atomic mass is 9.95. The lowest BCUT2D eigenvalue weighted by Gasteiger charge is -2.32. The molecule has 0 atom stereocenters. The molecule has 3 rings (SSSR count). The van der Waals surface area contributed by atoms with E-state index in [1.807, 2.05) is 73.3 Å². The van der Waals surface area contributed by atoms with Crippen molar-refractivity contribution in [3.05, 3.63) is 60.2 Å². The largest absolute Gasteiger partial charge is 0.489 e. The summed E-state index contributed by atoms with van der Waals surface area (Å²) in [6, 6.07) is 17.4. The van der Waals surface area contributed by atoms with E-state index in [0.717, 1.165) is 17.0 Å². The van der Waals surface area contributed by atoms with E-state index in [4.69, 9.17) is 4.74 Å². The third-order valence-corrected chi connectivity index (χ3v) is 5.04. The maximum atomic E-state index is 12.5. The van der Waals surface area contributed by atoms with E-state index in [0.29, 0.717) is 32.5 Å². The molecular weight excluding hydrogens is 352 g/mol. The third kappa shape index (κ3) is 5.35. The number of amides is 2. The molecule has 1 aliphatic rings. The summed E-state index contributed by atoms with van der Waals surface area (Å²) >= 11 is 0. The molecule has 28 heavy (non-hydrogen) atoms. The van der Waals surface area contributed by atoms with Gasteiger partial charge in [-0.1, -0.05) is 44.2 Å². The summed E-state index contributed by atoms with van der Waals surface area (Å²) < 4.78 is 5.77. The van der Waals surface area contributed by atoms with Gasteiger partial charge in [-0.15, -0.1) is 0 Å². The summed E-state index contributed by atoms with van der Waals surface area (Å²) in [7, 11) is 0. The normalized spacial score (nSPS) is 14.8. The van der Waals surface area contributed by atoms with E-state index in [2.05, 4.69) is 5.32 Å². The van der Waals surface area contributed by atoms with E-state index in [1.165, 1.54) is 0 Å². The zero-order chi connectivity index (χ0) is 19.9. The maximum absolute atomic E-state index is 12.5. The van der Waals surface area contributed by atoms with Crippen LogP contribution in [-0.2, 0) is 16.2 Å². The summed E-state index contributed by atoms with van der Waals surface area (Å²) in [5.74, 6) is 0.917. The number of hydrogen-bond acceptors (Lipinski definition) is 3. The van der Waals surface area contributed by atoms with Crippen molar-refractivity contribution >= 4 is 17.5 Å². The molecule has 0 bridgehead atoms. The van der Waals surface area contributed by atoms with Gasteiger partial charge in [0, 0.05) is 30.6 Å². The highest BCUT2D eigenvalue weighted by molar-refractivity contribution is 5.92. The second-order valence-corrected chi connectivity index (χ2v) is 7.54. The van der Waals surface area contributed by atoms with Gasteiger partial charge in [0.05, 0.1) is 0 Å². The van der Waals surface area contributed by atoms with Gasteiger partial charge in [-0.25, -0.2) is 0 Å². The first-order valence-electron chi connectivity index (χ1n) is 9.89. The van der Waals surface area contributed by atoms with Gasteiger partial charge in [0.25, 0.3) is 0 Å². The number of nitrogens with one attached hydrogen (secondary N) is 1. The van der Waals surface area contributed by atoms with Gasteiger partial charge < -0.3 is 15.0 Å². The molecule has 0 unspecified atom stereocenters. The number of benzene rings is 2. The number of carbonyl (C=O) groups excluding carboxylic acids is 2. The number of nitrogens with zero attached hydrogens (tertiary/aromatic N) is 1. The SMILES string of the molecule is CC(C)C(=O)N1CCC(C(=O)Nc2ccc(OCc3ccccc3)cc2)CC1. The second kappa shape index (κ2) is 9.40. The minimum absolute atomic E-state index is 0.00741. The van der Waals surface area contributed by atoms with Gasteiger partial charge in [0.15, 0.2) is 0 Å². The van der Waals surface area contributed by atoms with Crippen LogP contribution in [0.1, 0.15) is 32.3 Å². The molecule has 2 amide bonds. The molecule has 148 valence electrons. The molecule has 5 heteroatoms. The minimum atomic E-state index is -0.0507. The molecule has 0 saturated carbocycles. The van der Waals surface area contributed by atoms with Crippen molar-refractivity contribution in [1.82, 2.24) is 4.90 Å². The Morgan fingerprint density at radius 3 is 2.29 bits per heavy atom. The highest BCUT2D eigenvalue weighted by atomic mass is 16.5. The van der Waals surface area contributed by atoms with Gasteiger partial charge in [-0.05, 0) is 42.7 Å². The summed E-state index contributed by atoms with van der Waals surface area (Å²) in [6.07, 6.45) is 1.42. The Hall–Kier alpha value is -2.82. The number of hydrogen-bond donors (Lipinski definition) is 1. The van der Waals surface area contributed by atoms with Crippen molar-refractivity contribution in [3.63, 3.8) is 0 Å². The summed E-state index contributed by atoms with van der Waals surface area (Å²) in [4.78, 5) is 26.5. The zero-order valence-corrected chi connectivity index (χ0v) is 16.6. The van der Waals surface area contributed by atoms with Gasteiger partial charge in [-0.2, -0.15) is 0 Å². The maximum Gasteiger partial charge on any atom is 0.227 e. The standard InChI is InChI=1S/C23H28N2O3/c1-17(2)23(27)25-14-12-19(13-15-25)22(26)24-20-8-10-21(11-9-20)28-16-18-6-4-3-5-7-18/h3-11,17,19H,12-16H2,1-2H3,(H,24,26). The Morgan fingerprint density at radius 2 is 1.68 bits per heavy atom. The van der Waals surface area contributed by atoms with Gasteiger partial charge in [0.1, 0.15) is 12.4 Å². The fourth-order valence-electron chi connectivity index (χ4n) is 3.35. The fraction of sp³-hybridized carbons (Fsp3) is 0.391. The van der Waals surface area contributed by atoms with E-state index < -0.39 is 0 Å². The number of ether oxygens (including phenoxy) is 1. The molecule has 1 aliphatic heterocycles. The number of likely N-dealkylation sites (tertiary alicyclic amines) is 1. The van der Waals surface area contributed by atoms with Gasteiger partial charge in [0.2, 0.25) is 11.8 Å². The van der Waals surface area contributed by atoms with Gasteiger partial charge in [-0.3, -0.25) is 9.59 Å². The Balaban J connectivity index is 1.46. The summed E-state index contributed by atoms with van der Waals surface area (Å²) in [6.45, 7) is 5.64. The van der Waals surface area contributed by atoms with Gasteiger partial charge >= 0.3 is 0 Å². The van der Waals surface area contributed by atoms with E-state index in [1.54, 1.807) is 0 Å². The Morgan fingerprint density at radius 1 is 1.04 bits per heavy atom. The molecule has 0 radical (unpaired) electrons. The average Bonchev–Trinajstić information content (AvgIpc) is 2.73. The van der Waals surface area contributed by atoms with Crippen LogP contribution in [-0.4, -0.2) is 29.8 Å². The van der Waals surface area contributed by atoms with Crippen molar-refractivity contribution in [2.24, 2.45) is 11.8 Å². The van der Waals surface area contributed by atoms with Crippen molar-refractivity contribution in [2.45, 2.75) is 33.3 Å². The first-order valence-corrected chi connectivity index (χ1v) is 9.89. The van der Waals surface area contributed by atoms with E-state index in [-0.39, 0.29) is 23.7 Å². The van der Waals surface area contributed by atoms with Crippen LogP contribution in [0.3, 0.4) is 0 Å². The highest BCUT2D eigenvalue weighted by Crippen LogP contribution is 2.22. The average molecular weight is 380 g/mol. The molecule has 0 aromatic heterocycles.